The molecule has 1 N–H and O–H groups in total. The molecular weight excluding hydrogens is 246 g/mol. The van der Waals surface area contributed by atoms with Crippen molar-refractivity contribution in [1.29, 1.82) is 0 Å². The molecule has 2 heteroatoms. The molecule has 0 spiro atoms. The third kappa shape index (κ3) is 1.37. The predicted octanol–water partition coefficient (Wildman–Crippen LogP) is 4.32. The van der Waals surface area contributed by atoms with Crippen molar-refractivity contribution >= 4 is 16.7 Å². The Balaban J connectivity index is 2.06. The molecule has 0 saturated heterocycles. The molecule has 2 aromatic rings. The molecule has 2 nitrogen and oxygen atoms in total. The second-order valence-corrected chi connectivity index (χ2v) is 6.79. The van der Waals surface area contributed by atoms with E-state index in [4.69, 9.17) is 0 Å². The molecular formula is C18H19NO. The van der Waals surface area contributed by atoms with Crippen LogP contribution in [0, 0.1) is 5.92 Å². The minimum Gasteiger partial charge on any atom is -0.358 e. The zero-order valence-corrected chi connectivity index (χ0v) is 12.2. The van der Waals surface area contributed by atoms with E-state index in [1.807, 2.05) is 6.07 Å². The molecule has 1 aromatic carbocycles. The fourth-order valence-corrected chi connectivity index (χ4v) is 4.04. The van der Waals surface area contributed by atoms with E-state index in [2.05, 4.69) is 43.1 Å². The van der Waals surface area contributed by atoms with Crippen molar-refractivity contribution in [1.82, 2.24) is 4.98 Å². The quantitative estimate of drug-likeness (QED) is 0.604. The van der Waals surface area contributed by atoms with E-state index in [-0.39, 0.29) is 11.2 Å². The molecule has 0 radical (unpaired) electrons. The highest BCUT2D eigenvalue weighted by atomic mass is 16.1. The Kier molecular flexibility index (Phi) is 2.17. The number of aromatic amines is 1. The van der Waals surface area contributed by atoms with Gasteiger partial charge < -0.3 is 4.98 Å². The Morgan fingerprint density at radius 3 is 2.85 bits per heavy atom. The summed E-state index contributed by atoms with van der Waals surface area (Å²) >= 11 is 0. The average Bonchev–Trinajstić information content (AvgIpc) is 3.00. The van der Waals surface area contributed by atoms with Crippen LogP contribution in [0.25, 0.3) is 10.9 Å². The molecule has 2 aliphatic carbocycles. The molecule has 102 valence electrons. The number of nitrogens with one attached hydrogen (secondary N) is 1. The second kappa shape index (κ2) is 3.63. The van der Waals surface area contributed by atoms with Crippen LogP contribution in [-0.4, -0.2) is 10.8 Å². The van der Waals surface area contributed by atoms with Crippen molar-refractivity contribution in [2.75, 3.05) is 0 Å². The molecule has 4 rings (SSSR count). The smallest absolute Gasteiger partial charge is 0.159 e. The summed E-state index contributed by atoms with van der Waals surface area (Å²) in [4.78, 5) is 15.3. The molecule has 2 bridgehead atoms. The van der Waals surface area contributed by atoms with Gasteiger partial charge in [-0.3, -0.25) is 4.79 Å². The highest BCUT2D eigenvalue weighted by Gasteiger charge is 2.43. The third-order valence-corrected chi connectivity index (χ3v) is 5.26. The van der Waals surface area contributed by atoms with E-state index < -0.39 is 0 Å². The number of carbonyl (C=O) groups excluding carboxylic acids is 1. The highest BCUT2D eigenvalue weighted by molar-refractivity contribution is 5.99. The first kappa shape index (κ1) is 12.0. The highest BCUT2D eigenvalue weighted by Crippen LogP contribution is 2.53. The van der Waals surface area contributed by atoms with Gasteiger partial charge in [0.15, 0.2) is 5.78 Å². The van der Waals surface area contributed by atoms with Gasteiger partial charge in [-0.1, -0.05) is 26.0 Å². The topological polar surface area (TPSA) is 32.9 Å². The minimum atomic E-state index is 0.131. The Hall–Kier alpha value is -1.83. The fourth-order valence-electron chi connectivity index (χ4n) is 4.04. The van der Waals surface area contributed by atoms with Crippen LogP contribution in [0.1, 0.15) is 54.7 Å². The molecule has 0 saturated carbocycles. The van der Waals surface area contributed by atoms with Crippen molar-refractivity contribution in [3.63, 3.8) is 0 Å². The summed E-state index contributed by atoms with van der Waals surface area (Å²) in [6, 6.07) is 6.05. The van der Waals surface area contributed by atoms with Gasteiger partial charge in [0.2, 0.25) is 0 Å². The molecule has 0 amide bonds. The van der Waals surface area contributed by atoms with Crippen LogP contribution >= 0.6 is 0 Å². The summed E-state index contributed by atoms with van der Waals surface area (Å²) < 4.78 is 0. The maximum Gasteiger partial charge on any atom is 0.159 e. The fraction of sp³-hybridized carbons (Fsp3) is 0.389. The van der Waals surface area contributed by atoms with Crippen molar-refractivity contribution < 1.29 is 4.79 Å². The zero-order chi connectivity index (χ0) is 14.1. The average molecular weight is 265 g/mol. The molecule has 0 fully saturated rings. The lowest BCUT2D eigenvalue weighted by atomic mass is 9.67. The number of ketones is 1. The van der Waals surface area contributed by atoms with Crippen LogP contribution in [0.5, 0.6) is 0 Å². The van der Waals surface area contributed by atoms with Crippen molar-refractivity contribution in [2.45, 2.75) is 38.5 Å². The number of carbonyl (C=O) groups is 1. The normalized spacial score (nSPS) is 25.9. The lowest BCUT2D eigenvalue weighted by Crippen LogP contribution is -2.31. The summed E-state index contributed by atoms with van der Waals surface area (Å²) in [5, 5.41) is 1.23. The van der Waals surface area contributed by atoms with Gasteiger partial charge >= 0.3 is 0 Å². The summed E-state index contributed by atoms with van der Waals surface area (Å²) in [5.74, 6) is 1.27. The van der Waals surface area contributed by atoms with E-state index in [0.29, 0.717) is 11.8 Å². The lowest BCUT2D eigenvalue weighted by molar-refractivity contribution is 0.101. The lowest BCUT2D eigenvalue weighted by Gasteiger charge is -2.37. The zero-order valence-electron chi connectivity index (χ0n) is 12.2. The second-order valence-electron chi connectivity index (χ2n) is 6.79. The molecule has 20 heavy (non-hydrogen) atoms. The number of rotatable bonds is 1. The van der Waals surface area contributed by atoms with Crippen LogP contribution in [0.2, 0.25) is 0 Å². The molecule has 0 aliphatic heterocycles. The summed E-state index contributed by atoms with van der Waals surface area (Å²) in [7, 11) is 0. The first-order valence-corrected chi connectivity index (χ1v) is 7.34. The maximum atomic E-state index is 11.7. The minimum absolute atomic E-state index is 0.131. The molecule has 2 aliphatic rings. The van der Waals surface area contributed by atoms with Gasteiger partial charge in [-0.15, -0.1) is 0 Å². The number of aromatic nitrogens is 1. The van der Waals surface area contributed by atoms with Crippen molar-refractivity contribution in [3.05, 3.63) is 47.2 Å². The summed E-state index contributed by atoms with van der Waals surface area (Å²) in [5.41, 5.74) is 4.87. The van der Waals surface area contributed by atoms with Crippen LogP contribution in [0.4, 0.5) is 0 Å². The molecule has 2 unspecified atom stereocenters. The number of H-pyrrole nitrogens is 1. The van der Waals surface area contributed by atoms with Crippen LogP contribution < -0.4 is 0 Å². The van der Waals surface area contributed by atoms with Crippen LogP contribution in [-0.2, 0) is 5.41 Å². The van der Waals surface area contributed by atoms with Gasteiger partial charge in [0.05, 0.1) is 0 Å². The Bertz CT molecular complexity index is 763. The standard InChI is InChI=1S/C18H19NO/c1-10(20)11-5-7-15-14(9-11)16-17(19-15)12-4-6-13(8-12)18(16,2)3/h4-7,9,12-13,19H,8H2,1-3H3. The maximum absolute atomic E-state index is 11.7. The number of Topliss-reactive ketones (excluding diaryl/α,β-unsaturated/α-hetero) is 1. The van der Waals surface area contributed by atoms with Gasteiger partial charge in [-0.25, -0.2) is 0 Å². The Morgan fingerprint density at radius 2 is 2.10 bits per heavy atom. The van der Waals surface area contributed by atoms with Crippen molar-refractivity contribution in [2.24, 2.45) is 5.92 Å². The molecule has 2 atom stereocenters. The van der Waals surface area contributed by atoms with Gasteiger partial charge in [0, 0.05) is 28.1 Å². The van der Waals surface area contributed by atoms with Crippen LogP contribution in [0.15, 0.2) is 30.4 Å². The molecule has 1 aromatic heterocycles. The molecule has 1 heterocycles. The van der Waals surface area contributed by atoms with Crippen molar-refractivity contribution in [3.8, 4) is 0 Å². The largest absolute Gasteiger partial charge is 0.358 e. The summed E-state index contributed by atoms with van der Waals surface area (Å²) in [6.45, 7) is 6.29. The number of allylic oxidation sites excluding steroid dienone is 2. The van der Waals surface area contributed by atoms with Gasteiger partial charge in [0.1, 0.15) is 0 Å². The predicted molar refractivity (Wildman–Crippen MR) is 81.3 cm³/mol. The van der Waals surface area contributed by atoms with Crippen LogP contribution in [0.3, 0.4) is 0 Å². The van der Waals surface area contributed by atoms with Gasteiger partial charge in [-0.2, -0.15) is 0 Å². The van der Waals surface area contributed by atoms with E-state index in [9.17, 15) is 4.79 Å². The first-order chi connectivity index (χ1) is 9.48. The number of benzene rings is 1. The monoisotopic (exact) mass is 265 g/mol. The van der Waals surface area contributed by atoms with E-state index in [0.717, 1.165) is 11.1 Å². The summed E-state index contributed by atoms with van der Waals surface area (Å²) in [6.07, 6.45) is 5.94. The number of hydrogen-bond donors (Lipinski definition) is 1. The Morgan fingerprint density at radius 1 is 1.30 bits per heavy atom. The number of hydrogen-bond acceptors (Lipinski definition) is 1. The van der Waals surface area contributed by atoms with E-state index >= 15 is 0 Å². The Labute approximate surface area is 118 Å². The van der Waals surface area contributed by atoms with E-state index in [1.54, 1.807) is 6.92 Å². The first-order valence-electron chi connectivity index (χ1n) is 7.34. The third-order valence-electron chi connectivity index (χ3n) is 5.26. The number of fused-ring (bicyclic) bond motifs is 6. The van der Waals surface area contributed by atoms with E-state index in [1.165, 1.54) is 23.1 Å². The van der Waals surface area contributed by atoms with Gasteiger partial charge in [-0.05, 0) is 48.4 Å². The van der Waals surface area contributed by atoms with Gasteiger partial charge in [0.25, 0.3) is 0 Å². The SMILES string of the molecule is CC(=O)c1ccc2[nH]c3c(c2c1)C(C)(C)C1C=CC3C1.